The van der Waals surface area contributed by atoms with Crippen molar-refractivity contribution in [2.24, 2.45) is 0 Å². The molecule has 54 heavy (non-hydrogen) atoms. The first-order valence-electron chi connectivity index (χ1n) is 18.5. The summed E-state index contributed by atoms with van der Waals surface area (Å²) in [5.41, 5.74) is 11.6. The van der Waals surface area contributed by atoms with E-state index in [1.165, 1.54) is 54.8 Å². The summed E-state index contributed by atoms with van der Waals surface area (Å²) in [4.78, 5) is 15.1. The average Bonchev–Trinajstić information content (AvgIpc) is 3.67. The summed E-state index contributed by atoms with van der Waals surface area (Å²) in [5.74, 6) is 1.95. The second kappa shape index (κ2) is 11.5. The van der Waals surface area contributed by atoms with Gasteiger partial charge < -0.3 is 4.57 Å². The molecule has 0 atom stereocenters. The van der Waals surface area contributed by atoms with Gasteiger partial charge in [-0.05, 0) is 68.7 Å². The van der Waals surface area contributed by atoms with Crippen LogP contribution in [-0.4, -0.2) is 19.5 Å². The van der Waals surface area contributed by atoms with Gasteiger partial charge in [-0.3, -0.25) is 0 Å². The van der Waals surface area contributed by atoms with Gasteiger partial charge in [0.15, 0.2) is 17.5 Å². The zero-order valence-electron chi connectivity index (χ0n) is 30.0. The highest BCUT2D eigenvalue weighted by Gasteiger charge is 2.37. The molecule has 2 aromatic heterocycles. The zero-order valence-corrected chi connectivity index (χ0v) is 30.0. The molecule has 0 saturated carbocycles. The third-order valence-electron chi connectivity index (χ3n) is 11.4. The summed E-state index contributed by atoms with van der Waals surface area (Å²) in [7, 11) is 0. The van der Waals surface area contributed by atoms with E-state index in [0.717, 1.165) is 33.2 Å². The fourth-order valence-corrected chi connectivity index (χ4v) is 8.85. The number of hydrogen-bond acceptors (Lipinski definition) is 3. The number of benzene rings is 8. The normalized spacial score (nSPS) is 13.1. The highest BCUT2D eigenvalue weighted by Crippen LogP contribution is 2.53. The van der Waals surface area contributed by atoms with E-state index < -0.39 is 0 Å². The maximum Gasteiger partial charge on any atom is 0.164 e. The SMILES string of the molecule is CC1(C)c2cc3c(cc2-c2ccc4ccccc4c21)c1ccccc1n3-c1cccc2ccc(-c3nc(-c4ccccc4)nc(-c4ccccc4)n3)cc12. The first-order valence-corrected chi connectivity index (χ1v) is 18.5. The number of para-hydroxylation sites is 1. The van der Waals surface area contributed by atoms with Crippen LogP contribution < -0.4 is 0 Å². The zero-order chi connectivity index (χ0) is 36.0. The van der Waals surface area contributed by atoms with E-state index in [-0.39, 0.29) is 5.41 Å². The molecule has 0 amide bonds. The molecule has 254 valence electrons. The lowest BCUT2D eigenvalue weighted by molar-refractivity contribution is 0.667. The van der Waals surface area contributed by atoms with Crippen molar-refractivity contribution in [2.45, 2.75) is 19.3 Å². The molecule has 0 N–H and O–H groups in total. The molecular formula is C50H34N4. The fraction of sp³-hybridized carbons (Fsp3) is 0.0600. The van der Waals surface area contributed by atoms with Gasteiger partial charge in [-0.25, -0.2) is 15.0 Å². The number of nitrogens with zero attached hydrogens (tertiary/aromatic N) is 4. The summed E-state index contributed by atoms with van der Waals surface area (Å²) in [6, 6.07) is 60.6. The molecular weight excluding hydrogens is 657 g/mol. The minimum absolute atomic E-state index is 0.168. The standard InChI is InChI=1S/C50H34N4/c1-50(2)42-30-45-41(29-40(42)38-27-26-31-14-9-10-20-36(31)46(38)50)37-21-11-12-22-43(37)54(45)44-23-13-19-32-24-25-35(28-39(32)44)49-52-47(33-15-5-3-6-16-33)51-48(53-49)34-17-7-4-8-18-34/h3-30H,1-2H3. The molecule has 8 aromatic carbocycles. The van der Waals surface area contributed by atoms with Crippen LogP contribution in [0.1, 0.15) is 25.0 Å². The lowest BCUT2D eigenvalue weighted by atomic mass is 9.80. The molecule has 0 radical (unpaired) electrons. The van der Waals surface area contributed by atoms with Crippen LogP contribution in [0.2, 0.25) is 0 Å². The molecule has 1 aliphatic rings. The summed E-state index contributed by atoms with van der Waals surface area (Å²) >= 11 is 0. The molecule has 2 heterocycles. The minimum Gasteiger partial charge on any atom is -0.309 e. The van der Waals surface area contributed by atoms with Crippen molar-refractivity contribution in [1.29, 1.82) is 0 Å². The van der Waals surface area contributed by atoms with E-state index in [4.69, 9.17) is 15.0 Å². The predicted molar refractivity (Wildman–Crippen MR) is 223 cm³/mol. The first kappa shape index (κ1) is 30.7. The van der Waals surface area contributed by atoms with Crippen molar-refractivity contribution < 1.29 is 0 Å². The summed E-state index contributed by atoms with van der Waals surface area (Å²) < 4.78 is 2.46. The molecule has 10 aromatic rings. The van der Waals surface area contributed by atoms with Crippen LogP contribution in [0.3, 0.4) is 0 Å². The monoisotopic (exact) mass is 690 g/mol. The maximum absolute atomic E-state index is 5.07. The van der Waals surface area contributed by atoms with Crippen LogP contribution in [0, 0.1) is 0 Å². The molecule has 0 saturated heterocycles. The Morgan fingerprint density at radius 1 is 0.407 bits per heavy atom. The van der Waals surface area contributed by atoms with Crippen molar-refractivity contribution >= 4 is 43.4 Å². The Balaban J connectivity index is 1.15. The summed E-state index contributed by atoms with van der Waals surface area (Å²) in [5, 5.41) is 7.41. The Kier molecular flexibility index (Phi) is 6.56. The van der Waals surface area contributed by atoms with Gasteiger partial charge in [0.05, 0.1) is 16.7 Å². The van der Waals surface area contributed by atoms with E-state index in [9.17, 15) is 0 Å². The van der Waals surface area contributed by atoms with E-state index in [1.807, 2.05) is 60.7 Å². The lowest BCUT2D eigenvalue weighted by Gasteiger charge is -2.23. The van der Waals surface area contributed by atoms with Crippen molar-refractivity contribution in [1.82, 2.24) is 19.5 Å². The Morgan fingerprint density at radius 3 is 1.74 bits per heavy atom. The molecule has 0 fully saturated rings. The van der Waals surface area contributed by atoms with Crippen LogP contribution in [0.15, 0.2) is 170 Å². The molecule has 0 bridgehead atoms. The van der Waals surface area contributed by atoms with Crippen LogP contribution in [0.5, 0.6) is 0 Å². The molecule has 1 aliphatic carbocycles. The number of aromatic nitrogens is 4. The van der Waals surface area contributed by atoms with E-state index in [1.54, 1.807) is 0 Å². The van der Waals surface area contributed by atoms with Gasteiger partial charge in [0.1, 0.15) is 0 Å². The van der Waals surface area contributed by atoms with Gasteiger partial charge in [-0.1, -0.05) is 153 Å². The maximum atomic E-state index is 5.07. The van der Waals surface area contributed by atoms with Gasteiger partial charge in [0.2, 0.25) is 0 Å². The Labute approximate surface area is 313 Å². The van der Waals surface area contributed by atoms with Crippen LogP contribution in [0.25, 0.3) is 94.3 Å². The largest absolute Gasteiger partial charge is 0.309 e. The Bertz CT molecular complexity index is 3060. The quantitative estimate of drug-likeness (QED) is 0.185. The topological polar surface area (TPSA) is 43.6 Å². The van der Waals surface area contributed by atoms with E-state index in [2.05, 4.69) is 128 Å². The van der Waals surface area contributed by atoms with Gasteiger partial charge >= 0.3 is 0 Å². The predicted octanol–water partition coefficient (Wildman–Crippen LogP) is 12.6. The molecule has 0 unspecified atom stereocenters. The Morgan fingerprint density at radius 2 is 1.00 bits per heavy atom. The number of hydrogen-bond donors (Lipinski definition) is 0. The number of rotatable bonds is 4. The highest BCUT2D eigenvalue weighted by atomic mass is 15.0. The van der Waals surface area contributed by atoms with Gasteiger partial charge in [0, 0.05) is 38.3 Å². The molecule has 4 heteroatoms. The Hall–Kier alpha value is -6.91. The van der Waals surface area contributed by atoms with Gasteiger partial charge in [-0.15, -0.1) is 0 Å². The third kappa shape index (κ3) is 4.53. The number of fused-ring (bicyclic) bond motifs is 9. The van der Waals surface area contributed by atoms with Crippen molar-refractivity contribution in [3.05, 3.63) is 181 Å². The molecule has 11 rings (SSSR count). The van der Waals surface area contributed by atoms with Crippen molar-refractivity contribution in [3.63, 3.8) is 0 Å². The molecule has 0 spiro atoms. The third-order valence-corrected chi connectivity index (χ3v) is 11.4. The minimum atomic E-state index is -0.168. The van der Waals surface area contributed by atoms with Crippen LogP contribution in [0.4, 0.5) is 0 Å². The van der Waals surface area contributed by atoms with Crippen molar-refractivity contribution in [3.8, 4) is 51.0 Å². The second-order valence-electron chi connectivity index (χ2n) is 14.9. The van der Waals surface area contributed by atoms with Gasteiger partial charge in [0.25, 0.3) is 0 Å². The summed E-state index contributed by atoms with van der Waals surface area (Å²) in [6.07, 6.45) is 0. The molecule has 4 nitrogen and oxygen atoms in total. The average molecular weight is 691 g/mol. The van der Waals surface area contributed by atoms with E-state index in [0.29, 0.717) is 17.5 Å². The lowest BCUT2D eigenvalue weighted by Crippen LogP contribution is -2.15. The van der Waals surface area contributed by atoms with Crippen LogP contribution >= 0.6 is 0 Å². The van der Waals surface area contributed by atoms with Crippen LogP contribution in [-0.2, 0) is 5.41 Å². The van der Waals surface area contributed by atoms with E-state index >= 15 is 0 Å². The second-order valence-corrected chi connectivity index (χ2v) is 14.9. The van der Waals surface area contributed by atoms with Gasteiger partial charge in [-0.2, -0.15) is 0 Å². The van der Waals surface area contributed by atoms with Crippen molar-refractivity contribution in [2.75, 3.05) is 0 Å². The smallest absolute Gasteiger partial charge is 0.164 e. The summed E-state index contributed by atoms with van der Waals surface area (Å²) in [6.45, 7) is 4.77. The highest BCUT2D eigenvalue weighted by molar-refractivity contribution is 6.13. The molecule has 0 aliphatic heterocycles. The fourth-order valence-electron chi connectivity index (χ4n) is 8.85. The first-order chi connectivity index (χ1) is 26.5.